The quantitative estimate of drug-likeness (QED) is 0.220. The van der Waals surface area contributed by atoms with Crippen LogP contribution < -0.4 is 0 Å². The predicted octanol–water partition coefficient (Wildman–Crippen LogP) is 3.29. The Kier molecular flexibility index (Phi) is 6.51. The van der Waals surface area contributed by atoms with Crippen LogP contribution in [0.15, 0.2) is 58.3 Å². The van der Waals surface area contributed by atoms with Crippen molar-refractivity contribution in [3.05, 3.63) is 61.0 Å². The van der Waals surface area contributed by atoms with Crippen molar-refractivity contribution in [2.24, 2.45) is 0 Å². The molecule has 29 heavy (non-hydrogen) atoms. The van der Waals surface area contributed by atoms with Gasteiger partial charge in [0.15, 0.2) is 0 Å². The van der Waals surface area contributed by atoms with E-state index in [2.05, 4.69) is 33.4 Å². The van der Waals surface area contributed by atoms with Crippen LogP contribution >= 0.6 is 0 Å². The maximum Gasteiger partial charge on any atom is 0.306 e. The second-order valence-electron chi connectivity index (χ2n) is 5.97. The SMILES string of the molecule is C=CC(=C)OCCOC(=O)CCc1nc(-c2cccc(-c3noc(C)n3)c2)no1. The molecule has 0 saturated heterocycles. The molecule has 0 N–H and O–H groups in total. The first-order valence-electron chi connectivity index (χ1n) is 8.88. The predicted molar refractivity (Wildman–Crippen MR) is 102 cm³/mol. The summed E-state index contributed by atoms with van der Waals surface area (Å²) < 4.78 is 20.4. The number of esters is 1. The summed E-state index contributed by atoms with van der Waals surface area (Å²) in [6.45, 7) is 9.19. The molecular formula is C20H20N4O5. The van der Waals surface area contributed by atoms with E-state index in [4.69, 9.17) is 18.5 Å². The summed E-state index contributed by atoms with van der Waals surface area (Å²) >= 11 is 0. The zero-order valence-electron chi connectivity index (χ0n) is 16.0. The zero-order valence-corrected chi connectivity index (χ0v) is 16.0. The molecule has 0 spiro atoms. The fraction of sp³-hybridized carbons (Fsp3) is 0.250. The largest absolute Gasteiger partial charge is 0.491 e. The number of ether oxygens (including phenoxy) is 2. The van der Waals surface area contributed by atoms with Gasteiger partial charge in [-0.3, -0.25) is 4.79 Å². The van der Waals surface area contributed by atoms with Crippen molar-refractivity contribution in [2.45, 2.75) is 19.8 Å². The Balaban J connectivity index is 1.52. The summed E-state index contributed by atoms with van der Waals surface area (Å²) in [4.78, 5) is 20.3. The van der Waals surface area contributed by atoms with Crippen LogP contribution in [0.2, 0.25) is 0 Å². The lowest BCUT2D eigenvalue weighted by molar-refractivity contribution is -0.144. The van der Waals surface area contributed by atoms with Gasteiger partial charge in [0.05, 0.1) is 6.42 Å². The van der Waals surface area contributed by atoms with Gasteiger partial charge < -0.3 is 18.5 Å². The van der Waals surface area contributed by atoms with E-state index in [-0.39, 0.29) is 32.0 Å². The maximum atomic E-state index is 11.8. The molecule has 0 aliphatic rings. The second kappa shape index (κ2) is 9.45. The first-order chi connectivity index (χ1) is 14.0. The van der Waals surface area contributed by atoms with Crippen molar-refractivity contribution in [3.63, 3.8) is 0 Å². The lowest BCUT2D eigenvalue weighted by atomic mass is 10.1. The van der Waals surface area contributed by atoms with Gasteiger partial charge in [0.25, 0.3) is 0 Å². The highest BCUT2D eigenvalue weighted by Gasteiger charge is 2.13. The Morgan fingerprint density at radius 3 is 2.48 bits per heavy atom. The van der Waals surface area contributed by atoms with Gasteiger partial charge in [-0.05, 0) is 12.1 Å². The lowest BCUT2D eigenvalue weighted by Gasteiger charge is -2.06. The first kappa shape index (κ1) is 20.0. The molecule has 0 atom stereocenters. The molecule has 0 aliphatic heterocycles. The number of hydrogen-bond acceptors (Lipinski definition) is 9. The van der Waals surface area contributed by atoms with Crippen molar-refractivity contribution >= 4 is 5.97 Å². The number of carbonyl (C=O) groups is 1. The van der Waals surface area contributed by atoms with Crippen molar-refractivity contribution in [3.8, 4) is 22.8 Å². The highest BCUT2D eigenvalue weighted by molar-refractivity contribution is 5.69. The van der Waals surface area contributed by atoms with E-state index in [9.17, 15) is 4.79 Å². The Labute approximate surface area is 167 Å². The van der Waals surface area contributed by atoms with E-state index in [0.29, 0.717) is 29.2 Å². The number of carbonyl (C=O) groups excluding carboxylic acids is 1. The fourth-order valence-corrected chi connectivity index (χ4v) is 2.36. The van der Waals surface area contributed by atoms with Crippen LogP contribution in [0.1, 0.15) is 18.2 Å². The molecule has 2 aromatic heterocycles. The van der Waals surface area contributed by atoms with Gasteiger partial charge in [0.2, 0.25) is 23.4 Å². The molecule has 150 valence electrons. The molecule has 0 radical (unpaired) electrons. The molecule has 0 aliphatic carbocycles. The van der Waals surface area contributed by atoms with Gasteiger partial charge >= 0.3 is 5.97 Å². The van der Waals surface area contributed by atoms with E-state index in [0.717, 1.165) is 11.1 Å². The molecule has 0 saturated carbocycles. The Morgan fingerprint density at radius 2 is 1.79 bits per heavy atom. The standard InChI is InChI=1S/C20H20N4O5/c1-4-13(2)26-10-11-27-18(25)9-8-17-22-20(24-29-17)16-7-5-6-15(12-16)19-21-14(3)28-23-19/h4-7,12H,1-2,8-11H2,3H3. The highest BCUT2D eigenvalue weighted by Crippen LogP contribution is 2.23. The topological polar surface area (TPSA) is 113 Å². The normalized spacial score (nSPS) is 10.5. The molecule has 3 rings (SSSR count). The molecule has 9 nitrogen and oxygen atoms in total. The average Bonchev–Trinajstić information content (AvgIpc) is 3.39. The third-order valence-electron chi connectivity index (χ3n) is 3.78. The summed E-state index contributed by atoms with van der Waals surface area (Å²) in [5.74, 6) is 1.76. The van der Waals surface area contributed by atoms with Crippen molar-refractivity contribution in [1.82, 2.24) is 20.3 Å². The molecule has 3 aromatic rings. The van der Waals surface area contributed by atoms with Gasteiger partial charge in [0.1, 0.15) is 19.0 Å². The van der Waals surface area contributed by atoms with Crippen molar-refractivity contribution in [2.75, 3.05) is 13.2 Å². The number of aromatic nitrogens is 4. The zero-order chi connectivity index (χ0) is 20.6. The fourth-order valence-electron chi connectivity index (χ4n) is 2.36. The van der Waals surface area contributed by atoms with Gasteiger partial charge in [-0.15, -0.1) is 0 Å². The van der Waals surface area contributed by atoms with Crippen LogP contribution in [0.4, 0.5) is 0 Å². The van der Waals surface area contributed by atoms with Gasteiger partial charge in [-0.1, -0.05) is 41.7 Å². The third kappa shape index (κ3) is 5.61. The Bertz CT molecular complexity index is 1010. The maximum absolute atomic E-state index is 11.8. The highest BCUT2D eigenvalue weighted by atomic mass is 16.6. The summed E-state index contributed by atoms with van der Waals surface area (Å²) in [7, 11) is 0. The third-order valence-corrected chi connectivity index (χ3v) is 3.78. The number of aryl methyl sites for hydroxylation is 2. The number of allylic oxidation sites excluding steroid dienone is 1. The van der Waals surface area contributed by atoms with Gasteiger partial charge in [-0.2, -0.15) is 9.97 Å². The van der Waals surface area contributed by atoms with Crippen LogP contribution in [0.25, 0.3) is 22.8 Å². The molecule has 0 fully saturated rings. The van der Waals surface area contributed by atoms with E-state index in [1.807, 2.05) is 24.3 Å². The average molecular weight is 396 g/mol. The molecule has 0 unspecified atom stereocenters. The smallest absolute Gasteiger partial charge is 0.306 e. The molecule has 0 bridgehead atoms. The summed E-state index contributed by atoms with van der Waals surface area (Å²) in [6.07, 6.45) is 1.87. The molecule has 0 amide bonds. The number of benzene rings is 1. The monoisotopic (exact) mass is 396 g/mol. The number of nitrogens with zero attached hydrogens (tertiary/aromatic N) is 4. The minimum atomic E-state index is -0.382. The van der Waals surface area contributed by atoms with Crippen LogP contribution in [0, 0.1) is 6.92 Å². The molecule has 2 heterocycles. The van der Waals surface area contributed by atoms with Crippen molar-refractivity contribution < 1.29 is 23.3 Å². The van der Waals surface area contributed by atoms with Gasteiger partial charge in [-0.25, -0.2) is 0 Å². The van der Waals surface area contributed by atoms with E-state index < -0.39 is 0 Å². The van der Waals surface area contributed by atoms with E-state index >= 15 is 0 Å². The van der Waals surface area contributed by atoms with E-state index in [1.54, 1.807) is 6.92 Å². The van der Waals surface area contributed by atoms with Crippen LogP contribution in [0.5, 0.6) is 0 Å². The second-order valence-corrected chi connectivity index (χ2v) is 5.97. The van der Waals surface area contributed by atoms with Gasteiger partial charge in [0, 0.05) is 24.5 Å². The van der Waals surface area contributed by atoms with Crippen molar-refractivity contribution in [1.29, 1.82) is 0 Å². The summed E-state index contributed by atoms with van der Waals surface area (Å²) in [6, 6.07) is 7.38. The molecule has 1 aromatic carbocycles. The molecule has 9 heteroatoms. The van der Waals surface area contributed by atoms with Crippen LogP contribution in [0.3, 0.4) is 0 Å². The Morgan fingerprint density at radius 1 is 1.10 bits per heavy atom. The van der Waals surface area contributed by atoms with E-state index in [1.165, 1.54) is 6.08 Å². The Hall–Kier alpha value is -3.75. The van der Waals surface area contributed by atoms with Crippen LogP contribution in [-0.4, -0.2) is 39.5 Å². The number of rotatable bonds is 10. The van der Waals surface area contributed by atoms with Crippen LogP contribution in [-0.2, 0) is 20.7 Å². The first-order valence-corrected chi connectivity index (χ1v) is 8.88. The minimum Gasteiger partial charge on any atom is -0.491 e. The minimum absolute atomic E-state index is 0.117. The summed E-state index contributed by atoms with van der Waals surface area (Å²) in [5, 5.41) is 7.87. The number of hydrogen-bond donors (Lipinski definition) is 0. The summed E-state index contributed by atoms with van der Waals surface area (Å²) in [5.41, 5.74) is 1.51. The lowest BCUT2D eigenvalue weighted by Crippen LogP contribution is -2.11. The molecular weight excluding hydrogens is 376 g/mol.